The summed E-state index contributed by atoms with van der Waals surface area (Å²) in [7, 11) is 1.71. The van der Waals surface area contributed by atoms with Crippen molar-refractivity contribution in [1.82, 2.24) is 5.32 Å². The topological polar surface area (TPSA) is 21.3 Å². The summed E-state index contributed by atoms with van der Waals surface area (Å²) in [5, 5.41) is 3.60. The van der Waals surface area contributed by atoms with E-state index in [-0.39, 0.29) is 0 Å². The van der Waals surface area contributed by atoms with Gasteiger partial charge >= 0.3 is 0 Å². The van der Waals surface area contributed by atoms with Gasteiger partial charge in [0.25, 0.3) is 0 Å². The van der Waals surface area contributed by atoms with Gasteiger partial charge in [-0.05, 0) is 49.6 Å². The average molecular weight is 279 g/mol. The van der Waals surface area contributed by atoms with Crippen LogP contribution in [0.5, 0.6) is 5.75 Å². The van der Waals surface area contributed by atoms with Gasteiger partial charge in [0.05, 0.1) is 7.11 Å². The van der Waals surface area contributed by atoms with E-state index in [9.17, 15) is 0 Å². The van der Waals surface area contributed by atoms with Gasteiger partial charge in [-0.25, -0.2) is 0 Å². The zero-order valence-corrected chi connectivity index (χ0v) is 12.7. The molecule has 1 saturated carbocycles. The Morgan fingerprint density at radius 1 is 1.16 bits per heavy atom. The van der Waals surface area contributed by atoms with Gasteiger partial charge < -0.3 is 10.1 Å². The first-order valence-corrected chi connectivity index (χ1v) is 8.34. The second-order valence-electron chi connectivity index (χ2n) is 5.23. The minimum absolute atomic E-state index is 0.930. The normalized spacial score (nSPS) is 16.5. The van der Waals surface area contributed by atoms with Crippen molar-refractivity contribution in [3.8, 4) is 5.75 Å². The van der Waals surface area contributed by atoms with Crippen LogP contribution in [0.4, 0.5) is 0 Å². The fourth-order valence-electron chi connectivity index (χ4n) is 2.61. The molecule has 0 bridgehead atoms. The van der Waals surface area contributed by atoms with Gasteiger partial charge in [0, 0.05) is 17.2 Å². The zero-order valence-electron chi connectivity index (χ0n) is 11.9. The molecule has 0 spiro atoms. The second kappa shape index (κ2) is 8.49. The fraction of sp³-hybridized carbons (Fsp3) is 0.625. The van der Waals surface area contributed by atoms with Crippen LogP contribution in [0, 0.1) is 5.92 Å². The summed E-state index contributed by atoms with van der Waals surface area (Å²) < 4.78 is 5.16. The summed E-state index contributed by atoms with van der Waals surface area (Å²) in [4.78, 5) is 1.32. The van der Waals surface area contributed by atoms with Gasteiger partial charge in [-0.15, -0.1) is 11.8 Å². The maximum Gasteiger partial charge on any atom is 0.118 e. The summed E-state index contributed by atoms with van der Waals surface area (Å²) >= 11 is 1.91. The molecule has 0 heterocycles. The predicted molar refractivity (Wildman–Crippen MR) is 83.2 cm³/mol. The number of hydrogen-bond donors (Lipinski definition) is 1. The minimum atomic E-state index is 0.930. The molecule has 1 fully saturated rings. The van der Waals surface area contributed by atoms with Gasteiger partial charge in [0.1, 0.15) is 5.75 Å². The van der Waals surface area contributed by atoms with Gasteiger partial charge in [0.15, 0.2) is 0 Å². The third kappa shape index (κ3) is 5.45. The largest absolute Gasteiger partial charge is 0.497 e. The van der Waals surface area contributed by atoms with Crippen LogP contribution in [0.1, 0.15) is 32.1 Å². The molecule has 0 unspecified atom stereocenters. The highest BCUT2D eigenvalue weighted by Gasteiger charge is 2.12. The lowest BCUT2D eigenvalue weighted by atomic mass is 9.89. The van der Waals surface area contributed by atoms with Crippen LogP contribution in [0.25, 0.3) is 0 Å². The van der Waals surface area contributed by atoms with Gasteiger partial charge in [0.2, 0.25) is 0 Å². The molecule has 2 rings (SSSR count). The van der Waals surface area contributed by atoms with Crippen LogP contribution in [-0.2, 0) is 0 Å². The van der Waals surface area contributed by atoms with E-state index in [1.54, 1.807) is 7.11 Å². The van der Waals surface area contributed by atoms with Crippen molar-refractivity contribution >= 4 is 11.8 Å². The number of benzene rings is 1. The van der Waals surface area contributed by atoms with E-state index in [4.69, 9.17) is 4.74 Å². The molecule has 1 N–H and O–H groups in total. The molecule has 3 heteroatoms. The monoisotopic (exact) mass is 279 g/mol. The Labute approximate surface area is 121 Å². The predicted octanol–water partition coefficient (Wildman–Crippen LogP) is 3.96. The van der Waals surface area contributed by atoms with Crippen LogP contribution in [-0.4, -0.2) is 26.0 Å². The average Bonchev–Trinajstić information content (AvgIpc) is 2.49. The molecular formula is C16H25NOS. The molecule has 1 aliphatic carbocycles. The maximum atomic E-state index is 5.16. The highest BCUT2D eigenvalue weighted by atomic mass is 32.2. The molecule has 1 aliphatic rings. The third-order valence-corrected chi connectivity index (χ3v) is 4.78. The first kappa shape index (κ1) is 14.7. The Kier molecular flexibility index (Phi) is 6.58. The Balaban J connectivity index is 1.55. The van der Waals surface area contributed by atoms with Crippen molar-refractivity contribution in [2.24, 2.45) is 5.92 Å². The van der Waals surface area contributed by atoms with Gasteiger partial charge in [-0.1, -0.05) is 19.3 Å². The summed E-state index contributed by atoms with van der Waals surface area (Å²) in [6, 6.07) is 8.31. The molecule has 0 aromatic heterocycles. The molecule has 2 nitrogen and oxygen atoms in total. The quantitative estimate of drug-likeness (QED) is 0.603. The van der Waals surface area contributed by atoms with E-state index in [1.807, 2.05) is 23.9 Å². The SMILES string of the molecule is COc1ccc(SCCNCC2CCCCC2)cc1. The van der Waals surface area contributed by atoms with E-state index < -0.39 is 0 Å². The number of rotatable bonds is 7. The van der Waals surface area contributed by atoms with E-state index in [2.05, 4.69) is 17.4 Å². The molecular weight excluding hydrogens is 254 g/mol. The van der Waals surface area contributed by atoms with E-state index in [0.717, 1.165) is 24.0 Å². The van der Waals surface area contributed by atoms with Crippen molar-refractivity contribution in [2.75, 3.05) is 26.0 Å². The Bertz CT molecular complexity index is 346. The van der Waals surface area contributed by atoms with E-state index in [0.29, 0.717) is 0 Å². The van der Waals surface area contributed by atoms with Crippen molar-refractivity contribution in [2.45, 2.75) is 37.0 Å². The lowest BCUT2D eigenvalue weighted by Gasteiger charge is -2.21. The molecule has 19 heavy (non-hydrogen) atoms. The van der Waals surface area contributed by atoms with Crippen LogP contribution in [0.15, 0.2) is 29.2 Å². The minimum Gasteiger partial charge on any atom is -0.497 e. The Hall–Kier alpha value is -0.670. The number of hydrogen-bond acceptors (Lipinski definition) is 3. The Morgan fingerprint density at radius 3 is 2.58 bits per heavy atom. The highest BCUT2D eigenvalue weighted by Crippen LogP contribution is 2.23. The summed E-state index contributed by atoms with van der Waals surface area (Å²) in [6.07, 6.45) is 7.18. The number of methoxy groups -OCH3 is 1. The van der Waals surface area contributed by atoms with E-state index >= 15 is 0 Å². The van der Waals surface area contributed by atoms with Crippen LogP contribution in [0.3, 0.4) is 0 Å². The van der Waals surface area contributed by atoms with Crippen LogP contribution in [0.2, 0.25) is 0 Å². The lowest BCUT2D eigenvalue weighted by Crippen LogP contribution is -2.26. The number of ether oxygens (including phenoxy) is 1. The zero-order chi connectivity index (χ0) is 13.3. The molecule has 0 radical (unpaired) electrons. The maximum absolute atomic E-state index is 5.16. The summed E-state index contributed by atoms with van der Waals surface area (Å²) in [5.74, 6) is 3.00. The first-order valence-electron chi connectivity index (χ1n) is 7.36. The molecule has 0 amide bonds. The van der Waals surface area contributed by atoms with Crippen molar-refractivity contribution < 1.29 is 4.74 Å². The lowest BCUT2D eigenvalue weighted by molar-refractivity contribution is 0.345. The van der Waals surface area contributed by atoms with E-state index in [1.165, 1.54) is 43.5 Å². The molecule has 0 saturated heterocycles. The first-order chi connectivity index (χ1) is 9.38. The fourth-order valence-corrected chi connectivity index (χ4v) is 3.42. The third-order valence-electron chi connectivity index (χ3n) is 3.76. The summed E-state index contributed by atoms with van der Waals surface area (Å²) in [5.41, 5.74) is 0. The highest BCUT2D eigenvalue weighted by molar-refractivity contribution is 7.99. The molecule has 0 atom stereocenters. The molecule has 1 aromatic rings. The molecule has 1 aromatic carbocycles. The number of thioether (sulfide) groups is 1. The van der Waals surface area contributed by atoms with Crippen molar-refractivity contribution in [1.29, 1.82) is 0 Å². The Morgan fingerprint density at radius 2 is 1.89 bits per heavy atom. The molecule has 106 valence electrons. The van der Waals surface area contributed by atoms with Crippen molar-refractivity contribution in [3.63, 3.8) is 0 Å². The van der Waals surface area contributed by atoms with Crippen molar-refractivity contribution in [3.05, 3.63) is 24.3 Å². The number of nitrogens with one attached hydrogen (secondary N) is 1. The second-order valence-corrected chi connectivity index (χ2v) is 6.40. The van der Waals surface area contributed by atoms with Gasteiger partial charge in [-0.2, -0.15) is 0 Å². The van der Waals surface area contributed by atoms with Crippen LogP contribution >= 0.6 is 11.8 Å². The standard InChI is InChI=1S/C16H25NOS/c1-18-15-7-9-16(10-8-15)19-12-11-17-13-14-5-3-2-4-6-14/h7-10,14,17H,2-6,11-13H2,1H3. The summed E-state index contributed by atoms with van der Waals surface area (Å²) in [6.45, 7) is 2.32. The van der Waals surface area contributed by atoms with Crippen LogP contribution < -0.4 is 10.1 Å². The smallest absolute Gasteiger partial charge is 0.118 e. The van der Waals surface area contributed by atoms with Gasteiger partial charge in [-0.3, -0.25) is 0 Å². The molecule has 0 aliphatic heterocycles.